The molecule has 1 aromatic heterocycles. The van der Waals surface area contributed by atoms with Crippen LogP contribution in [0.3, 0.4) is 0 Å². The van der Waals surface area contributed by atoms with E-state index in [9.17, 15) is 0 Å². The third-order valence-corrected chi connectivity index (χ3v) is 4.19. The average Bonchev–Trinajstić information content (AvgIpc) is 3.15. The number of hydrogen-bond donors (Lipinski definition) is 2. The summed E-state index contributed by atoms with van der Waals surface area (Å²) in [5.74, 6) is 1.73. The fourth-order valence-electron chi connectivity index (χ4n) is 2.85. The van der Waals surface area contributed by atoms with Crippen LogP contribution < -0.4 is 20.5 Å². The first-order valence-electron chi connectivity index (χ1n) is 8.56. The quantitative estimate of drug-likeness (QED) is 0.381. The highest BCUT2D eigenvalue weighted by atomic mass is 127. The van der Waals surface area contributed by atoms with Crippen LogP contribution in [-0.4, -0.2) is 24.2 Å². The van der Waals surface area contributed by atoms with Crippen molar-refractivity contribution in [1.82, 2.24) is 4.98 Å². The van der Waals surface area contributed by atoms with Crippen LogP contribution in [0.15, 0.2) is 47.6 Å². The van der Waals surface area contributed by atoms with Crippen molar-refractivity contribution in [2.75, 3.05) is 12.4 Å². The van der Waals surface area contributed by atoms with Gasteiger partial charge in [-0.1, -0.05) is 18.2 Å². The Hall–Kier alpha value is -2.03. The van der Waals surface area contributed by atoms with Crippen LogP contribution in [0.5, 0.6) is 11.6 Å². The number of hydrogen-bond acceptors (Lipinski definition) is 4. The molecule has 7 heteroatoms. The van der Waals surface area contributed by atoms with Crippen molar-refractivity contribution in [3.63, 3.8) is 0 Å². The van der Waals surface area contributed by atoms with Gasteiger partial charge in [0.15, 0.2) is 5.96 Å². The van der Waals surface area contributed by atoms with Gasteiger partial charge >= 0.3 is 0 Å². The van der Waals surface area contributed by atoms with Gasteiger partial charge in [0.2, 0.25) is 5.88 Å². The van der Waals surface area contributed by atoms with Gasteiger partial charge in [-0.2, -0.15) is 0 Å². The van der Waals surface area contributed by atoms with E-state index in [1.54, 1.807) is 13.3 Å². The van der Waals surface area contributed by atoms with Gasteiger partial charge < -0.3 is 20.5 Å². The summed E-state index contributed by atoms with van der Waals surface area (Å²) in [6.45, 7) is 0.449. The summed E-state index contributed by atoms with van der Waals surface area (Å²) in [5.41, 5.74) is 7.71. The smallest absolute Gasteiger partial charge is 0.213 e. The van der Waals surface area contributed by atoms with Crippen molar-refractivity contribution in [2.24, 2.45) is 10.7 Å². The number of para-hydroxylation sites is 2. The van der Waals surface area contributed by atoms with E-state index in [1.165, 1.54) is 12.8 Å². The highest BCUT2D eigenvalue weighted by Gasteiger charge is 2.16. The minimum atomic E-state index is 0. The number of anilines is 1. The van der Waals surface area contributed by atoms with E-state index >= 15 is 0 Å². The summed E-state index contributed by atoms with van der Waals surface area (Å²) in [7, 11) is 1.62. The number of nitrogens with zero attached hydrogens (tertiary/aromatic N) is 2. The van der Waals surface area contributed by atoms with Crippen LogP contribution in [0.25, 0.3) is 0 Å². The Bertz CT molecular complexity index is 716. The topological polar surface area (TPSA) is 81.8 Å². The number of benzene rings is 1. The first-order chi connectivity index (χ1) is 12.2. The van der Waals surface area contributed by atoms with Crippen LogP contribution in [0.1, 0.15) is 31.2 Å². The van der Waals surface area contributed by atoms with Crippen molar-refractivity contribution in [1.29, 1.82) is 0 Å². The third-order valence-electron chi connectivity index (χ3n) is 4.19. The van der Waals surface area contributed by atoms with Gasteiger partial charge in [0.05, 0.1) is 19.3 Å². The maximum atomic E-state index is 5.95. The van der Waals surface area contributed by atoms with Gasteiger partial charge in [-0.3, -0.25) is 0 Å². The molecule has 0 radical (unpaired) electrons. The standard InChI is InChI=1S/C19H24N4O2.HI/c1-24-17-9-5-4-8-16(17)23-19(20)22-13-14-10-11-18(21-12-14)25-15-6-2-3-7-15;/h4-5,8-12,15H,2-3,6-7,13H2,1H3,(H3,20,22,23);1H. The summed E-state index contributed by atoms with van der Waals surface area (Å²) < 4.78 is 11.1. The molecule has 0 atom stereocenters. The highest BCUT2D eigenvalue weighted by molar-refractivity contribution is 14.0. The first-order valence-corrected chi connectivity index (χ1v) is 8.56. The number of pyridine rings is 1. The highest BCUT2D eigenvalue weighted by Crippen LogP contribution is 2.23. The minimum Gasteiger partial charge on any atom is -0.495 e. The van der Waals surface area contributed by atoms with E-state index < -0.39 is 0 Å². The SMILES string of the molecule is COc1ccccc1NC(N)=NCc1ccc(OC2CCCC2)nc1.I. The van der Waals surface area contributed by atoms with Gasteiger partial charge in [-0.05, 0) is 43.4 Å². The number of halogens is 1. The molecule has 0 unspecified atom stereocenters. The molecule has 1 aliphatic rings. The second-order valence-electron chi connectivity index (χ2n) is 6.06. The number of guanidine groups is 1. The van der Waals surface area contributed by atoms with Crippen LogP contribution >= 0.6 is 24.0 Å². The number of rotatable bonds is 6. The van der Waals surface area contributed by atoms with E-state index in [4.69, 9.17) is 15.2 Å². The molecule has 1 heterocycles. The van der Waals surface area contributed by atoms with Crippen LogP contribution in [0.4, 0.5) is 5.69 Å². The fourth-order valence-corrected chi connectivity index (χ4v) is 2.85. The molecule has 0 saturated heterocycles. The normalized spacial score (nSPS) is 14.6. The molecule has 0 bridgehead atoms. The molecular formula is C19H25IN4O2. The van der Waals surface area contributed by atoms with Gasteiger partial charge in [0, 0.05) is 12.3 Å². The molecular weight excluding hydrogens is 443 g/mol. The minimum absolute atomic E-state index is 0. The number of methoxy groups -OCH3 is 1. The predicted molar refractivity (Wildman–Crippen MR) is 114 cm³/mol. The predicted octanol–water partition coefficient (Wildman–Crippen LogP) is 3.96. The van der Waals surface area contributed by atoms with Crippen molar-refractivity contribution in [2.45, 2.75) is 38.3 Å². The number of aliphatic imine (C=N–C) groups is 1. The van der Waals surface area contributed by atoms with Crippen LogP contribution in [0.2, 0.25) is 0 Å². The number of nitrogens with two attached hydrogens (primary N) is 1. The van der Waals surface area contributed by atoms with Crippen molar-refractivity contribution in [3.8, 4) is 11.6 Å². The second kappa shape index (κ2) is 10.2. The summed E-state index contributed by atoms with van der Waals surface area (Å²) >= 11 is 0. The largest absolute Gasteiger partial charge is 0.495 e. The van der Waals surface area contributed by atoms with Crippen LogP contribution in [-0.2, 0) is 6.54 Å². The molecule has 3 N–H and O–H groups in total. The maximum absolute atomic E-state index is 5.95. The molecule has 1 saturated carbocycles. The van der Waals surface area contributed by atoms with Gasteiger partial charge in [0.25, 0.3) is 0 Å². The van der Waals surface area contributed by atoms with E-state index in [0.29, 0.717) is 24.5 Å². The molecule has 0 spiro atoms. The molecule has 0 aliphatic heterocycles. The lowest BCUT2D eigenvalue weighted by Gasteiger charge is -2.12. The Balaban J connectivity index is 0.00000243. The Labute approximate surface area is 171 Å². The average molecular weight is 468 g/mol. The summed E-state index contributed by atoms with van der Waals surface area (Å²) in [6, 6.07) is 11.4. The Morgan fingerprint density at radius 3 is 2.69 bits per heavy atom. The Kier molecular flexibility index (Phi) is 7.96. The zero-order valence-corrected chi connectivity index (χ0v) is 17.2. The molecule has 6 nitrogen and oxygen atoms in total. The zero-order valence-electron chi connectivity index (χ0n) is 14.9. The Morgan fingerprint density at radius 1 is 1.23 bits per heavy atom. The molecule has 1 fully saturated rings. The molecule has 1 aliphatic carbocycles. The second-order valence-corrected chi connectivity index (χ2v) is 6.06. The summed E-state index contributed by atoms with van der Waals surface area (Å²) in [4.78, 5) is 8.70. The molecule has 140 valence electrons. The zero-order chi connectivity index (χ0) is 17.5. The number of nitrogens with one attached hydrogen (secondary N) is 1. The summed E-state index contributed by atoms with van der Waals surface area (Å²) in [6.07, 6.45) is 6.84. The molecule has 2 aromatic rings. The van der Waals surface area contributed by atoms with E-state index in [2.05, 4.69) is 15.3 Å². The summed E-state index contributed by atoms with van der Waals surface area (Å²) in [5, 5.41) is 3.05. The van der Waals surface area contributed by atoms with Gasteiger partial charge in [-0.15, -0.1) is 24.0 Å². The van der Waals surface area contributed by atoms with Gasteiger partial charge in [-0.25, -0.2) is 9.98 Å². The lowest BCUT2D eigenvalue weighted by Crippen LogP contribution is -2.22. The van der Waals surface area contributed by atoms with E-state index in [-0.39, 0.29) is 24.0 Å². The molecule has 1 aromatic carbocycles. The first kappa shape index (κ1) is 20.3. The Morgan fingerprint density at radius 2 is 2.00 bits per heavy atom. The van der Waals surface area contributed by atoms with Crippen molar-refractivity contribution >= 4 is 35.6 Å². The third kappa shape index (κ3) is 5.76. The van der Waals surface area contributed by atoms with Crippen molar-refractivity contribution in [3.05, 3.63) is 48.2 Å². The lowest BCUT2D eigenvalue weighted by atomic mass is 10.3. The fraction of sp³-hybridized carbons (Fsp3) is 0.368. The van der Waals surface area contributed by atoms with Gasteiger partial charge in [0.1, 0.15) is 11.9 Å². The molecule has 0 amide bonds. The number of aromatic nitrogens is 1. The maximum Gasteiger partial charge on any atom is 0.213 e. The van der Waals surface area contributed by atoms with E-state index in [0.717, 1.165) is 29.8 Å². The molecule has 3 rings (SSSR count). The van der Waals surface area contributed by atoms with E-state index in [1.807, 2.05) is 36.4 Å². The van der Waals surface area contributed by atoms with Crippen molar-refractivity contribution < 1.29 is 9.47 Å². The van der Waals surface area contributed by atoms with Crippen LogP contribution in [0, 0.1) is 0 Å². The molecule has 26 heavy (non-hydrogen) atoms. The lowest BCUT2D eigenvalue weighted by molar-refractivity contribution is 0.201. The monoisotopic (exact) mass is 468 g/mol. The number of ether oxygens (including phenoxy) is 2.